The van der Waals surface area contributed by atoms with E-state index in [1.54, 1.807) is 6.07 Å². The lowest BCUT2D eigenvalue weighted by atomic mass is 10.2. The number of methoxy groups -OCH3 is 1. The van der Waals surface area contributed by atoms with Crippen LogP contribution in [0.2, 0.25) is 5.02 Å². The second-order valence-corrected chi connectivity index (χ2v) is 7.29. The van der Waals surface area contributed by atoms with Crippen molar-refractivity contribution in [2.24, 2.45) is 0 Å². The molecule has 0 aliphatic heterocycles. The van der Waals surface area contributed by atoms with Crippen LogP contribution < -0.4 is 14.8 Å². The van der Waals surface area contributed by atoms with Crippen molar-refractivity contribution >= 4 is 34.9 Å². The normalized spacial score (nSPS) is 11.3. The molecule has 3 aromatic carbocycles. The molecule has 0 radical (unpaired) electrons. The Hall–Kier alpha value is -4.18. The molecule has 34 heavy (non-hydrogen) atoms. The lowest BCUT2D eigenvalue weighted by molar-refractivity contribution is -0.385. The Labute approximate surface area is 198 Å². The first-order chi connectivity index (χ1) is 16.2. The molecule has 0 saturated heterocycles. The maximum absolute atomic E-state index is 13.7. The molecule has 0 bridgehead atoms. The number of para-hydroxylation sites is 1. The van der Waals surface area contributed by atoms with E-state index in [0.29, 0.717) is 0 Å². The summed E-state index contributed by atoms with van der Waals surface area (Å²) in [5, 5.41) is 13.8. The number of nitrogens with zero attached hydrogens (tertiary/aromatic N) is 1. The third-order valence-corrected chi connectivity index (χ3v) is 4.76. The van der Waals surface area contributed by atoms with E-state index in [-0.39, 0.29) is 39.2 Å². The highest BCUT2D eigenvalue weighted by Gasteiger charge is 2.22. The Balaban J connectivity index is 1.73. The van der Waals surface area contributed by atoms with Crippen molar-refractivity contribution in [3.63, 3.8) is 0 Å². The van der Waals surface area contributed by atoms with Crippen LogP contribution in [0.5, 0.6) is 17.2 Å². The first kappa shape index (κ1) is 24.5. The molecule has 1 unspecified atom stereocenters. The molecule has 0 fully saturated rings. The molecule has 11 heteroatoms. The number of benzene rings is 3. The Morgan fingerprint density at radius 1 is 1.06 bits per heavy atom. The lowest BCUT2D eigenvalue weighted by Gasteiger charge is -2.15. The van der Waals surface area contributed by atoms with Crippen molar-refractivity contribution in [3.05, 3.63) is 87.2 Å². The van der Waals surface area contributed by atoms with Gasteiger partial charge in [-0.1, -0.05) is 23.7 Å². The van der Waals surface area contributed by atoms with Crippen molar-refractivity contribution in [2.75, 3.05) is 12.4 Å². The summed E-state index contributed by atoms with van der Waals surface area (Å²) in [4.78, 5) is 35.4. The number of nitro benzene ring substituents is 1. The summed E-state index contributed by atoms with van der Waals surface area (Å²) in [6.07, 6.45) is -1.23. The SMILES string of the molecule is COc1cc(C(=O)OC(C)C(=O)Nc2ccccc2F)ccc1Oc1ccc(Cl)cc1[N+](=O)[O-]. The number of esters is 1. The molecule has 0 aromatic heterocycles. The first-order valence-corrected chi connectivity index (χ1v) is 10.1. The van der Waals surface area contributed by atoms with E-state index < -0.39 is 28.7 Å². The number of nitrogens with one attached hydrogen (secondary N) is 1. The number of ether oxygens (including phenoxy) is 3. The summed E-state index contributed by atoms with van der Waals surface area (Å²) in [6, 6.07) is 13.5. The molecule has 176 valence electrons. The third-order valence-electron chi connectivity index (χ3n) is 4.52. The lowest BCUT2D eigenvalue weighted by Crippen LogP contribution is -2.30. The van der Waals surface area contributed by atoms with Gasteiger partial charge in [0.1, 0.15) is 5.82 Å². The standard InChI is InChI=1S/C23H18ClFN2O7/c1-13(22(28)26-17-6-4-3-5-16(17)25)33-23(29)14-7-9-20(21(11-14)32-2)34-19-10-8-15(24)12-18(19)27(30)31/h3-13H,1-2H3,(H,26,28). The number of carbonyl (C=O) groups excluding carboxylic acids is 2. The van der Waals surface area contributed by atoms with Crippen LogP contribution in [0.25, 0.3) is 0 Å². The third kappa shape index (κ3) is 5.78. The second-order valence-electron chi connectivity index (χ2n) is 6.85. The minimum atomic E-state index is -1.23. The fraction of sp³-hybridized carbons (Fsp3) is 0.130. The summed E-state index contributed by atoms with van der Waals surface area (Å²) in [5.74, 6) is -2.10. The van der Waals surface area contributed by atoms with Crippen LogP contribution in [0.15, 0.2) is 60.7 Å². The van der Waals surface area contributed by atoms with Gasteiger partial charge in [-0.05, 0) is 49.4 Å². The highest BCUT2D eigenvalue weighted by atomic mass is 35.5. The van der Waals surface area contributed by atoms with Crippen LogP contribution in [-0.4, -0.2) is 30.0 Å². The Morgan fingerprint density at radius 2 is 1.76 bits per heavy atom. The number of hydrogen-bond donors (Lipinski definition) is 1. The van der Waals surface area contributed by atoms with Gasteiger partial charge in [0.05, 0.1) is 23.3 Å². The number of amides is 1. The monoisotopic (exact) mass is 488 g/mol. The summed E-state index contributed by atoms with van der Waals surface area (Å²) >= 11 is 5.81. The maximum Gasteiger partial charge on any atom is 0.339 e. The van der Waals surface area contributed by atoms with Gasteiger partial charge in [0.15, 0.2) is 17.6 Å². The largest absolute Gasteiger partial charge is 0.493 e. The molecule has 1 N–H and O–H groups in total. The predicted octanol–water partition coefficient (Wildman–Crippen LogP) is 5.37. The quantitative estimate of drug-likeness (QED) is 0.257. The number of hydrogen-bond acceptors (Lipinski definition) is 7. The van der Waals surface area contributed by atoms with Crippen LogP contribution in [0, 0.1) is 15.9 Å². The Bertz CT molecular complexity index is 1250. The molecule has 3 rings (SSSR count). The van der Waals surface area contributed by atoms with E-state index in [1.165, 1.54) is 62.6 Å². The summed E-state index contributed by atoms with van der Waals surface area (Å²) < 4.78 is 29.7. The van der Waals surface area contributed by atoms with Crippen molar-refractivity contribution in [3.8, 4) is 17.2 Å². The minimum absolute atomic E-state index is 0.0281. The van der Waals surface area contributed by atoms with Crippen molar-refractivity contribution in [1.82, 2.24) is 0 Å². The maximum atomic E-state index is 13.7. The van der Waals surface area contributed by atoms with Crippen molar-refractivity contribution < 1.29 is 33.1 Å². The van der Waals surface area contributed by atoms with Crippen LogP contribution in [0.1, 0.15) is 17.3 Å². The van der Waals surface area contributed by atoms with Gasteiger partial charge in [-0.2, -0.15) is 0 Å². The molecule has 0 heterocycles. The zero-order chi connectivity index (χ0) is 24.8. The molecule has 9 nitrogen and oxygen atoms in total. The average molecular weight is 489 g/mol. The van der Waals surface area contributed by atoms with Gasteiger partial charge in [0.25, 0.3) is 5.91 Å². The van der Waals surface area contributed by atoms with Gasteiger partial charge in [-0.15, -0.1) is 0 Å². The van der Waals surface area contributed by atoms with Crippen LogP contribution in [0.3, 0.4) is 0 Å². The van der Waals surface area contributed by atoms with Crippen molar-refractivity contribution in [2.45, 2.75) is 13.0 Å². The fourth-order valence-corrected chi connectivity index (χ4v) is 2.96. The molecule has 3 aromatic rings. The van der Waals surface area contributed by atoms with Crippen LogP contribution >= 0.6 is 11.6 Å². The van der Waals surface area contributed by atoms with E-state index in [9.17, 15) is 24.1 Å². The average Bonchev–Trinajstić information content (AvgIpc) is 2.81. The smallest absolute Gasteiger partial charge is 0.339 e. The highest BCUT2D eigenvalue weighted by molar-refractivity contribution is 6.30. The number of halogens is 2. The van der Waals surface area contributed by atoms with E-state index in [1.807, 2.05) is 0 Å². The van der Waals surface area contributed by atoms with E-state index in [4.69, 9.17) is 25.8 Å². The van der Waals surface area contributed by atoms with Crippen molar-refractivity contribution in [1.29, 1.82) is 0 Å². The topological polar surface area (TPSA) is 117 Å². The number of anilines is 1. The van der Waals surface area contributed by atoms with E-state index in [2.05, 4.69) is 5.32 Å². The predicted molar refractivity (Wildman–Crippen MR) is 121 cm³/mol. The molecule has 0 aliphatic carbocycles. The highest BCUT2D eigenvalue weighted by Crippen LogP contribution is 2.38. The van der Waals surface area contributed by atoms with Crippen LogP contribution in [0.4, 0.5) is 15.8 Å². The first-order valence-electron chi connectivity index (χ1n) is 9.75. The van der Waals surface area contributed by atoms with Gasteiger partial charge >= 0.3 is 11.7 Å². The summed E-state index contributed by atoms with van der Waals surface area (Å²) in [7, 11) is 1.32. The van der Waals surface area contributed by atoms with Gasteiger partial charge < -0.3 is 19.5 Å². The van der Waals surface area contributed by atoms with Gasteiger partial charge in [0, 0.05) is 11.1 Å². The minimum Gasteiger partial charge on any atom is -0.493 e. The number of nitro groups is 1. The Morgan fingerprint density at radius 3 is 2.44 bits per heavy atom. The number of carbonyl (C=O) groups is 2. The van der Waals surface area contributed by atoms with E-state index in [0.717, 1.165) is 6.07 Å². The molecule has 1 atom stereocenters. The van der Waals surface area contributed by atoms with Crippen LogP contribution in [-0.2, 0) is 9.53 Å². The zero-order valence-corrected chi connectivity index (χ0v) is 18.7. The van der Waals surface area contributed by atoms with Gasteiger partial charge in [-0.25, -0.2) is 9.18 Å². The molecule has 0 spiro atoms. The molecule has 0 saturated carbocycles. The molecular weight excluding hydrogens is 471 g/mol. The molecule has 0 aliphatic rings. The second kappa shape index (κ2) is 10.6. The van der Waals surface area contributed by atoms with Gasteiger partial charge in [-0.3, -0.25) is 14.9 Å². The Kier molecular flexibility index (Phi) is 7.64. The summed E-state index contributed by atoms with van der Waals surface area (Å²) in [5.41, 5.74) is -0.372. The molecule has 1 amide bonds. The zero-order valence-electron chi connectivity index (χ0n) is 17.9. The van der Waals surface area contributed by atoms with Gasteiger partial charge in [0.2, 0.25) is 5.75 Å². The fourth-order valence-electron chi connectivity index (χ4n) is 2.80. The number of rotatable bonds is 8. The van der Waals surface area contributed by atoms with E-state index >= 15 is 0 Å². The summed E-state index contributed by atoms with van der Waals surface area (Å²) in [6.45, 7) is 1.34. The molecular formula is C23H18ClFN2O7.